The third-order valence-electron chi connectivity index (χ3n) is 2.31. The third-order valence-corrected chi connectivity index (χ3v) is 2.31. The van der Waals surface area contributed by atoms with Crippen molar-refractivity contribution in [3.05, 3.63) is 18.2 Å². The Hall–Kier alpha value is -0.790. The minimum absolute atomic E-state index is 0.604. The SMILES string of the molecule is CCCCC(C)n1ccnc1C. The Kier molecular flexibility index (Phi) is 3.32. The fraction of sp³-hybridized carbons (Fsp3) is 0.700. The molecule has 2 nitrogen and oxygen atoms in total. The van der Waals surface area contributed by atoms with Gasteiger partial charge in [-0.15, -0.1) is 0 Å². The molecule has 0 radical (unpaired) electrons. The van der Waals surface area contributed by atoms with Gasteiger partial charge in [0.1, 0.15) is 5.82 Å². The number of nitrogens with zero attached hydrogens (tertiary/aromatic N) is 2. The van der Waals surface area contributed by atoms with Gasteiger partial charge in [-0.2, -0.15) is 0 Å². The number of rotatable bonds is 4. The molecule has 1 aromatic rings. The molecule has 0 saturated heterocycles. The van der Waals surface area contributed by atoms with Crippen LogP contribution in [0, 0.1) is 6.92 Å². The average molecular weight is 166 g/mol. The Morgan fingerprint density at radius 1 is 1.58 bits per heavy atom. The summed E-state index contributed by atoms with van der Waals surface area (Å²) in [5, 5.41) is 0. The standard InChI is InChI=1S/C10H18N2/c1-4-5-6-9(2)12-8-7-11-10(12)3/h7-9H,4-6H2,1-3H3. The van der Waals surface area contributed by atoms with Gasteiger partial charge in [-0.05, 0) is 20.3 Å². The van der Waals surface area contributed by atoms with Crippen LogP contribution in [0.4, 0.5) is 0 Å². The lowest BCUT2D eigenvalue weighted by atomic mass is 10.1. The zero-order valence-corrected chi connectivity index (χ0v) is 8.25. The monoisotopic (exact) mass is 166 g/mol. The van der Waals surface area contributed by atoms with Crippen molar-refractivity contribution in [3.63, 3.8) is 0 Å². The molecule has 12 heavy (non-hydrogen) atoms. The van der Waals surface area contributed by atoms with Gasteiger partial charge in [-0.25, -0.2) is 4.98 Å². The van der Waals surface area contributed by atoms with E-state index >= 15 is 0 Å². The van der Waals surface area contributed by atoms with Gasteiger partial charge in [-0.3, -0.25) is 0 Å². The first-order valence-corrected chi connectivity index (χ1v) is 4.75. The van der Waals surface area contributed by atoms with E-state index in [1.165, 1.54) is 19.3 Å². The number of unbranched alkanes of at least 4 members (excludes halogenated alkanes) is 1. The molecule has 1 unspecified atom stereocenters. The zero-order valence-electron chi connectivity index (χ0n) is 8.25. The van der Waals surface area contributed by atoms with Crippen molar-refractivity contribution in [2.45, 2.75) is 46.1 Å². The molecule has 2 heteroatoms. The maximum Gasteiger partial charge on any atom is 0.105 e. The van der Waals surface area contributed by atoms with Gasteiger partial charge in [0.05, 0.1) is 0 Å². The van der Waals surface area contributed by atoms with Crippen LogP contribution in [0.1, 0.15) is 45.0 Å². The second-order valence-electron chi connectivity index (χ2n) is 3.37. The van der Waals surface area contributed by atoms with E-state index in [2.05, 4.69) is 36.5 Å². The molecule has 0 spiro atoms. The highest BCUT2D eigenvalue weighted by atomic mass is 15.1. The molecular weight excluding hydrogens is 148 g/mol. The van der Waals surface area contributed by atoms with Crippen molar-refractivity contribution < 1.29 is 0 Å². The van der Waals surface area contributed by atoms with Crippen LogP contribution in [0.25, 0.3) is 0 Å². The molecular formula is C10H18N2. The largest absolute Gasteiger partial charge is 0.332 e. The quantitative estimate of drug-likeness (QED) is 0.672. The lowest BCUT2D eigenvalue weighted by molar-refractivity contribution is 0.476. The van der Waals surface area contributed by atoms with E-state index in [4.69, 9.17) is 0 Å². The molecule has 0 aliphatic rings. The third kappa shape index (κ3) is 2.10. The molecule has 0 saturated carbocycles. The second kappa shape index (κ2) is 4.29. The lowest BCUT2D eigenvalue weighted by Crippen LogP contribution is -2.05. The molecule has 1 rings (SSSR count). The molecule has 0 aliphatic heterocycles. The number of aromatic nitrogens is 2. The fourth-order valence-electron chi connectivity index (χ4n) is 1.49. The van der Waals surface area contributed by atoms with Crippen LogP contribution >= 0.6 is 0 Å². The summed E-state index contributed by atoms with van der Waals surface area (Å²) < 4.78 is 2.25. The molecule has 0 fully saturated rings. The van der Waals surface area contributed by atoms with E-state index in [-0.39, 0.29) is 0 Å². The van der Waals surface area contributed by atoms with E-state index in [1.54, 1.807) is 0 Å². The van der Waals surface area contributed by atoms with Crippen LogP contribution in [0.3, 0.4) is 0 Å². The van der Waals surface area contributed by atoms with Gasteiger partial charge >= 0.3 is 0 Å². The lowest BCUT2D eigenvalue weighted by Gasteiger charge is -2.13. The van der Waals surface area contributed by atoms with Crippen LogP contribution in [0.5, 0.6) is 0 Å². The van der Waals surface area contributed by atoms with Crippen LogP contribution in [0.15, 0.2) is 12.4 Å². The van der Waals surface area contributed by atoms with Gasteiger partial charge in [0.2, 0.25) is 0 Å². The summed E-state index contributed by atoms with van der Waals surface area (Å²) in [6, 6.07) is 0.604. The predicted octanol–water partition coefficient (Wildman–Crippen LogP) is 2.94. The van der Waals surface area contributed by atoms with E-state index in [1.807, 2.05) is 6.20 Å². The Labute approximate surface area is 74.6 Å². The maximum atomic E-state index is 4.21. The summed E-state index contributed by atoms with van der Waals surface area (Å²) in [6.45, 7) is 6.54. The van der Waals surface area contributed by atoms with Crippen LogP contribution < -0.4 is 0 Å². The molecule has 0 aliphatic carbocycles. The highest BCUT2D eigenvalue weighted by Gasteiger charge is 2.05. The van der Waals surface area contributed by atoms with Crippen molar-refractivity contribution in [1.29, 1.82) is 0 Å². The Balaban J connectivity index is 2.52. The minimum Gasteiger partial charge on any atom is -0.332 e. The van der Waals surface area contributed by atoms with E-state index in [9.17, 15) is 0 Å². The van der Waals surface area contributed by atoms with Crippen molar-refractivity contribution in [3.8, 4) is 0 Å². The summed E-state index contributed by atoms with van der Waals surface area (Å²) in [4.78, 5) is 4.21. The first-order valence-electron chi connectivity index (χ1n) is 4.75. The number of hydrogen-bond acceptors (Lipinski definition) is 1. The van der Waals surface area contributed by atoms with Crippen molar-refractivity contribution >= 4 is 0 Å². The first kappa shape index (κ1) is 9.30. The summed E-state index contributed by atoms with van der Waals surface area (Å²) in [5.74, 6) is 1.12. The maximum absolute atomic E-state index is 4.21. The number of aryl methyl sites for hydroxylation is 1. The van der Waals surface area contributed by atoms with Gasteiger partial charge in [0, 0.05) is 18.4 Å². The summed E-state index contributed by atoms with van der Waals surface area (Å²) in [6.07, 6.45) is 7.78. The molecule has 1 aromatic heterocycles. The number of imidazole rings is 1. The van der Waals surface area contributed by atoms with Crippen molar-refractivity contribution in [1.82, 2.24) is 9.55 Å². The second-order valence-corrected chi connectivity index (χ2v) is 3.37. The molecule has 1 atom stereocenters. The highest BCUT2D eigenvalue weighted by Crippen LogP contribution is 2.15. The van der Waals surface area contributed by atoms with Crippen LogP contribution in [-0.2, 0) is 0 Å². The Morgan fingerprint density at radius 2 is 2.33 bits per heavy atom. The summed E-state index contributed by atoms with van der Waals surface area (Å²) in [7, 11) is 0. The highest BCUT2D eigenvalue weighted by molar-refractivity contribution is 4.91. The van der Waals surface area contributed by atoms with Crippen molar-refractivity contribution in [2.75, 3.05) is 0 Å². The van der Waals surface area contributed by atoms with Crippen molar-refractivity contribution in [2.24, 2.45) is 0 Å². The normalized spacial score (nSPS) is 13.2. The molecule has 0 N–H and O–H groups in total. The van der Waals surface area contributed by atoms with Crippen LogP contribution in [0.2, 0.25) is 0 Å². The predicted molar refractivity (Wildman–Crippen MR) is 51.2 cm³/mol. The summed E-state index contributed by atoms with van der Waals surface area (Å²) in [5.41, 5.74) is 0. The minimum atomic E-state index is 0.604. The number of hydrogen-bond donors (Lipinski definition) is 0. The molecule has 0 aromatic carbocycles. The Bertz CT molecular complexity index is 227. The van der Waals surface area contributed by atoms with E-state index < -0.39 is 0 Å². The van der Waals surface area contributed by atoms with E-state index in [0.717, 1.165) is 5.82 Å². The Morgan fingerprint density at radius 3 is 2.83 bits per heavy atom. The van der Waals surface area contributed by atoms with Crippen LogP contribution in [-0.4, -0.2) is 9.55 Å². The zero-order chi connectivity index (χ0) is 8.97. The fourth-order valence-corrected chi connectivity index (χ4v) is 1.49. The summed E-state index contributed by atoms with van der Waals surface area (Å²) >= 11 is 0. The molecule has 0 bridgehead atoms. The van der Waals surface area contributed by atoms with Gasteiger partial charge in [-0.1, -0.05) is 19.8 Å². The molecule has 0 amide bonds. The molecule has 1 heterocycles. The average Bonchev–Trinajstić information content (AvgIpc) is 2.47. The van der Waals surface area contributed by atoms with E-state index in [0.29, 0.717) is 6.04 Å². The van der Waals surface area contributed by atoms with Gasteiger partial charge in [0.15, 0.2) is 0 Å². The van der Waals surface area contributed by atoms with Gasteiger partial charge < -0.3 is 4.57 Å². The van der Waals surface area contributed by atoms with Gasteiger partial charge in [0.25, 0.3) is 0 Å². The molecule has 68 valence electrons. The first-order chi connectivity index (χ1) is 5.75. The topological polar surface area (TPSA) is 17.8 Å². The smallest absolute Gasteiger partial charge is 0.105 e.